The molecule has 6 aromatic rings. The molecule has 6 aromatic carbocycles. The van der Waals surface area contributed by atoms with Crippen molar-refractivity contribution in [2.75, 3.05) is 65.4 Å². The van der Waals surface area contributed by atoms with E-state index in [1.807, 2.05) is 0 Å². The molecule has 0 N–H and O–H groups in total. The SMILES string of the molecule is CCCCN1[C]N(Cc2cccc(CN3[C]N(CCCC)c4ccccc43)c2)c2ccccc21.CCCCN1[C]N(Cc2cccc(CN3[C]N(CCCC)c4ccccc43)c2)c2ccccc21.F[P-](F)(F)(F)(F)F.F[P-](F)(F)(F)(F)F.[Ag+].[Ag+]. The van der Waals surface area contributed by atoms with Crippen molar-refractivity contribution in [3.8, 4) is 0 Å². The fourth-order valence-electron chi connectivity index (χ4n) is 9.51. The van der Waals surface area contributed by atoms with Gasteiger partial charge in [-0.15, -0.1) is 0 Å². The number of hydrogen-bond acceptors (Lipinski definition) is 8. The van der Waals surface area contributed by atoms with E-state index in [1.165, 1.54) is 119 Å². The minimum absolute atomic E-state index is 0. The first-order valence-electron chi connectivity index (χ1n) is 27.3. The largest absolute Gasteiger partial charge is 1.00 e. The van der Waals surface area contributed by atoms with E-state index in [0.29, 0.717) is 0 Å². The van der Waals surface area contributed by atoms with Gasteiger partial charge >= 0.3 is 111 Å². The van der Waals surface area contributed by atoms with Crippen LogP contribution in [0.1, 0.15) is 101 Å². The molecule has 84 heavy (non-hydrogen) atoms. The van der Waals surface area contributed by atoms with Crippen LogP contribution in [0.2, 0.25) is 0 Å². The van der Waals surface area contributed by atoms with E-state index < -0.39 is 15.6 Å². The second-order valence-corrected chi connectivity index (χ2v) is 24.1. The van der Waals surface area contributed by atoms with Crippen molar-refractivity contribution in [3.63, 3.8) is 0 Å². The van der Waals surface area contributed by atoms with Gasteiger partial charge in [-0.1, -0.05) is 150 Å². The summed E-state index contributed by atoms with van der Waals surface area (Å²) in [5.41, 5.74) is 15.2. The van der Waals surface area contributed by atoms with Crippen molar-refractivity contribution in [2.24, 2.45) is 0 Å². The molecule has 0 atom stereocenters. The fraction of sp³-hybridized carbons (Fsp3) is 0.333. The monoisotopic (exact) mass is 1400 g/mol. The number of nitrogens with zero attached hydrogens (tertiary/aromatic N) is 8. The maximum atomic E-state index is 9.87. The van der Waals surface area contributed by atoms with Gasteiger partial charge in [0.15, 0.2) is 0 Å². The molecular formula is C60H68Ag2F12N8P2. The van der Waals surface area contributed by atoms with Crippen LogP contribution >= 0.6 is 15.6 Å². The average Bonchev–Trinajstić information content (AvgIpc) is 4.29. The maximum Gasteiger partial charge on any atom is 1.00 e. The maximum absolute atomic E-state index is 10.7. The number of fused-ring (bicyclic) bond motifs is 4. The molecular weight excluding hydrogens is 1340 g/mol. The van der Waals surface area contributed by atoms with Crippen molar-refractivity contribution in [1.82, 2.24) is 0 Å². The molecule has 4 aliphatic rings. The van der Waals surface area contributed by atoms with Crippen LogP contribution in [0.15, 0.2) is 146 Å². The predicted molar refractivity (Wildman–Crippen MR) is 313 cm³/mol. The molecule has 4 heterocycles. The van der Waals surface area contributed by atoms with Gasteiger partial charge in [-0.05, 0) is 96.5 Å². The number of unbranched alkanes of at least 4 members (excludes halogenated alkanes) is 4. The van der Waals surface area contributed by atoms with Crippen molar-refractivity contribution in [3.05, 3.63) is 195 Å². The van der Waals surface area contributed by atoms with E-state index in [0.717, 1.165) is 52.4 Å². The van der Waals surface area contributed by atoms with Crippen LogP contribution in [0.3, 0.4) is 0 Å². The van der Waals surface area contributed by atoms with E-state index in [1.54, 1.807) is 0 Å². The van der Waals surface area contributed by atoms with Gasteiger partial charge in [-0.3, -0.25) is 0 Å². The Morgan fingerprint density at radius 2 is 0.440 bits per heavy atom. The standard InChI is InChI=1S/2C30H34N4.2Ag.2F6P/c2*1-3-5-18-31-23-33(29-16-9-7-14-27(29)31)21-25-12-11-13-26(20-25)22-34-24-32(19-6-4-2)28-15-8-10-17-30(28)34;;;2*1-7(2,3,4,5)6/h2*7-17,20H,3-6,18-19,21-22H2,1-2H3;;;;/q;;2*+1;2*-1. The number of halogens is 12. The van der Waals surface area contributed by atoms with Crippen LogP contribution in [0.5, 0.6) is 0 Å². The molecule has 0 saturated carbocycles. The second kappa shape index (κ2) is 27.9. The first kappa shape index (κ1) is 70.0. The molecule has 0 fully saturated rings. The third-order valence-electron chi connectivity index (χ3n) is 13.1. The molecule has 464 valence electrons. The summed E-state index contributed by atoms with van der Waals surface area (Å²) in [5, 5.41) is 0. The first-order chi connectivity index (χ1) is 38.4. The van der Waals surface area contributed by atoms with Gasteiger partial charge in [0.2, 0.25) is 26.7 Å². The summed E-state index contributed by atoms with van der Waals surface area (Å²) in [4.78, 5) is 18.2. The van der Waals surface area contributed by atoms with Crippen LogP contribution in [0, 0.1) is 26.7 Å². The molecule has 10 rings (SSSR count). The molecule has 0 aromatic heterocycles. The molecule has 8 nitrogen and oxygen atoms in total. The predicted octanol–water partition coefficient (Wildman–Crippen LogP) is 20.6. The summed E-state index contributed by atoms with van der Waals surface area (Å²) in [6.07, 6.45) is 9.43. The zero-order chi connectivity index (χ0) is 59.5. The molecule has 4 aliphatic heterocycles. The summed E-state index contributed by atoms with van der Waals surface area (Å²) >= 11 is 0. The molecule has 0 unspecified atom stereocenters. The van der Waals surface area contributed by atoms with Gasteiger partial charge in [0.1, 0.15) is 0 Å². The van der Waals surface area contributed by atoms with Crippen molar-refractivity contribution in [1.29, 1.82) is 0 Å². The van der Waals surface area contributed by atoms with Gasteiger partial charge in [-0.25, -0.2) is 0 Å². The Labute approximate surface area is 518 Å². The average molecular weight is 1410 g/mol. The van der Waals surface area contributed by atoms with E-state index in [2.05, 4.69) is 239 Å². The fourth-order valence-corrected chi connectivity index (χ4v) is 9.51. The van der Waals surface area contributed by atoms with E-state index in [-0.39, 0.29) is 44.8 Å². The van der Waals surface area contributed by atoms with E-state index in [4.69, 9.17) is 0 Å². The van der Waals surface area contributed by atoms with Crippen LogP contribution in [-0.4, -0.2) is 26.2 Å². The molecule has 8 radical (unpaired) electrons. The normalized spacial score (nSPS) is 15.7. The molecule has 0 spiro atoms. The molecule has 0 amide bonds. The van der Waals surface area contributed by atoms with Crippen LogP contribution in [0.25, 0.3) is 0 Å². The van der Waals surface area contributed by atoms with E-state index in [9.17, 15) is 50.4 Å². The summed E-state index contributed by atoms with van der Waals surface area (Å²) in [6, 6.07) is 52.5. The Morgan fingerprint density at radius 3 is 0.607 bits per heavy atom. The number of hydrogen-bond donors (Lipinski definition) is 0. The van der Waals surface area contributed by atoms with Crippen LogP contribution in [-0.2, 0) is 70.9 Å². The number of benzene rings is 6. The topological polar surface area (TPSA) is 25.9 Å². The number of para-hydroxylation sites is 8. The van der Waals surface area contributed by atoms with E-state index >= 15 is 0 Å². The Morgan fingerprint density at radius 1 is 0.274 bits per heavy atom. The van der Waals surface area contributed by atoms with Crippen molar-refractivity contribution < 1.29 is 95.1 Å². The molecule has 0 bridgehead atoms. The summed E-state index contributed by atoms with van der Waals surface area (Å²) in [6.45, 7) is 30.7. The summed E-state index contributed by atoms with van der Waals surface area (Å²) in [5.74, 6) is 0. The minimum Gasteiger partial charge on any atom is 1.00 e. The second-order valence-electron chi connectivity index (χ2n) is 20.3. The van der Waals surface area contributed by atoms with Crippen LogP contribution in [0.4, 0.5) is 95.9 Å². The van der Waals surface area contributed by atoms with Crippen molar-refractivity contribution >= 4 is 61.1 Å². The smallest absolute Gasteiger partial charge is 1.00 e. The Balaban J connectivity index is 0.000000246. The quantitative estimate of drug-likeness (QED) is 0.0424. The van der Waals surface area contributed by atoms with Gasteiger partial charge in [-0.2, -0.15) is 0 Å². The Bertz CT molecular complexity index is 2670. The summed E-state index contributed by atoms with van der Waals surface area (Å²) in [7, 11) is -21.3. The Kier molecular flexibility index (Phi) is 23.3. The van der Waals surface area contributed by atoms with Gasteiger partial charge in [0, 0.05) is 52.4 Å². The van der Waals surface area contributed by atoms with Crippen molar-refractivity contribution in [2.45, 2.75) is 105 Å². The molecule has 0 aliphatic carbocycles. The zero-order valence-electron chi connectivity index (χ0n) is 46.8. The van der Waals surface area contributed by atoms with Gasteiger partial charge in [0.25, 0.3) is 0 Å². The van der Waals surface area contributed by atoms with Gasteiger partial charge in [0.05, 0.1) is 45.5 Å². The third-order valence-corrected chi connectivity index (χ3v) is 13.1. The minimum atomic E-state index is -10.7. The van der Waals surface area contributed by atoms with Gasteiger partial charge < -0.3 is 39.2 Å². The first-order valence-corrected chi connectivity index (χ1v) is 31.4. The number of rotatable bonds is 20. The summed E-state index contributed by atoms with van der Waals surface area (Å²) < 4.78 is 118. The van der Waals surface area contributed by atoms with Crippen LogP contribution < -0.4 is 39.2 Å². The Hall–Kier alpha value is -4.78. The molecule has 24 heteroatoms. The number of anilines is 8. The zero-order valence-corrected chi connectivity index (χ0v) is 51.5. The third kappa shape index (κ3) is 23.1. The molecule has 0 saturated heterocycles.